The van der Waals surface area contributed by atoms with E-state index in [2.05, 4.69) is 37.6 Å². The highest BCUT2D eigenvalue weighted by Gasteiger charge is 2.28. The number of fused-ring (bicyclic) bond motifs is 2. The third-order valence-corrected chi connectivity index (χ3v) is 7.34. The SMILES string of the molecule is O=C(NC[C@H](C(=O)O)c1cnc2[nH]ccc2c1)[C@@H]1CCCN(CCCc2ccc3c(n2)NCCC3)C1. The third kappa shape index (κ3) is 5.67. The number of aromatic amines is 1. The Balaban J connectivity index is 1.10. The molecule has 1 saturated heterocycles. The molecule has 4 N–H and O–H groups in total. The molecular formula is C27H34N6O3. The minimum atomic E-state index is -0.969. The maximum atomic E-state index is 12.9. The summed E-state index contributed by atoms with van der Waals surface area (Å²) in [4.78, 5) is 39.3. The molecule has 0 saturated carbocycles. The van der Waals surface area contributed by atoms with E-state index in [0.717, 1.165) is 75.1 Å². The zero-order valence-corrected chi connectivity index (χ0v) is 20.5. The van der Waals surface area contributed by atoms with Crippen LogP contribution in [0.25, 0.3) is 11.0 Å². The monoisotopic (exact) mass is 490 g/mol. The summed E-state index contributed by atoms with van der Waals surface area (Å²) in [5.74, 6) is -0.951. The Hall–Kier alpha value is -3.46. The molecule has 2 atom stereocenters. The average Bonchev–Trinajstić information content (AvgIpc) is 3.37. The van der Waals surface area contributed by atoms with Crippen LogP contribution in [0, 0.1) is 5.92 Å². The highest BCUT2D eigenvalue weighted by atomic mass is 16.4. The van der Waals surface area contributed by atoms with Crippen molar-refractivity contribution in [1.29, 1.82) is 0 Å². The Kier molecular flexibility index (Phi) is 7.46. The molecule has 9 heteroatoms. The first-order valence-electron chi connectivity index (χ1n) is 13.0. The normalized spacial score (nSPS) is 18.8. The summed E-state index contributed by atoms with van der Waals surface area (Å²) in [6.07, 6.45) is 9.31. The number of H-pyrrole nitrogens is 1. The van der Waals surface area contributed by atoms with E-state index in [-0.39, 0.29) is 18.4 Å². The fraction of sp³-hybridized carbons (Fsp3) is 0.481. The van der Waals surface area contributed by atoms with Crippen molar-refractivity contribution >= 4 is 28.7 Å². The van der Waals surface area contributed by atoms with E-state index >= 15 is 0 Å². The first kappa shape index (κ1) is 24.2. The summed E-state index contributed by atoms with van der Waals surface area (Å²) >= 11 is 0. The third-order valence-electron chi connectivity index (χ3n) is 7.34. The topological polar surface area (TPSA) is 123 Å². The van der Waals surface area contributed by atoms with Gasteiger partial charge in [0.2, 0.25) is 5.91 Å². The molecule has 0 radical (unpaired) electrons. The van der Waals surface area contributed by atoms with Crippen molar-refractivity contribution < 1.29 is 14.7 Å². The van der Waals surface area contributed by atoms with Crippen LogP contribution >= 0.6 is 0 Å². The number of carboxylic acid groups (broad SMARTS) is 1. The van der Waals surface area contributed by atoms with Crippen LogP contribution in [-0.2, 0) is 22.4 Å². The smallest absolute Gasteiger partial charge is 0.312 e. The molecule has 0 spiro atoms. The predicted octanol–water partition coefficient (Wildman–Crippen LogP) is 2.95. The molecule has 0 unspecified atom stereocenters. The number of piperidine rings is 1. The summed E-state index contributed by atoms with van der Waals surface area (Å²) < 4.78 is 0. The van der Waals surface area contributed by atoms with Crippen LogP contribution in [0.3, 0.4) is 0 Å². The molecule has 2 aliphatic rings. The number of likely N-dealkylation sites (tertiary alicyclic amines) is 1. The van der Waals surface area contributed by atoms with Gasteiger partial charge in [0.1, 0.15) is 17.4 Å². The zero-order valence-electron chi connectivity index (χ0n) is 20.5. The molecule has 0 aromatic carbocycles. The lowest BCUT2D eigenvalue weighted by atomic mass is 9.95. The van der Waals surface area contributed by atoms with E-state index in [9.17, 15) is 14.7 Å². The molecule has 2 aliphatic heterocycles. The molecule has 3 aromatic rings. The summed E-state index contributed by atoms with van der Waals surface area (Å²) in [7, 11) is 0. The second kappa shape index (κ2) is 11.1. The van der Waals surface area contributed by atoms with Crippen molar-refractivity contribution in [2.45, 2.75) is 44.4 Å². The van der Waals surface area contributed by atoms with Crippen molar-refractivity contribution in [3.63, 3.8) is 0 Å². The van der Waals surface area contributed by atoms with Gasteiger partial charge in [-0.15, -0.1) is 0 Å². The van der Waals surface area contributed by atoms with E-state index in [0.29, 0.717) is 17.8 Å². The van der Waals surface area contributed by atoms with Crippen molar-refractivity contribution in [1.82, 2.24) is 25.2 Å². The summed E-state index contributed by atoms with van der Waals surface area (Å²) in [6.45, 7) is 3.67. The number of nitrogens with one attached hydrogen (secondary N) is 3. The van der Waals surface area contributed by atoms with Gasteiger partial charge in [-0.2, -0.15) is 0 Å². The number of pyridine rings is 2. The van der Waals surface area contributed by atoms with Gasteiger partial charge in [0, 0.05) is 43.1 Å². The number of aryl methyl sites for hydroxylation is 2. The van der Waals surface area contributed by atoms with E-state index in [4.69, 9.17) is 4.98 Å². The quantitative estimate of drug-likeness (QED) is 0.364. The maximum Gasteiger partial charge on any atom is 0.312 e. The highest BCUT2D eigenvalue weighted by Crippen LogP contribution is 2.22. The van der Waals surface area contributed by atoms with Crippen LogP contribution in [0.2, 0.25) is 0 Å². The molecule has 5 heterocycles. The minimum Gasteiger partial charge on any atom is -0.481 e. The molecule has 36 heavy (non-hydrogen) atoms. The Labute approximate surface area is 210 Å². The molecule has 9 nitrogen and oxygen atoms in total. The molecule has 0 aliphatic carbocycles. The number of hydrogen-bond acceptors (Lipinski definition) is 6. The number of hydrogen-bond donors (Lipinski definition) is 4. The van der Waals surface area contributed by atoms with Crippen molar-refractivity contribution in [3.05, 3.63) is 53.5 Å². The zero-order chi connectivity index (χ0) is 24.9. The second-order valence-electron chi connectivity index (χ2n) is 9.90. The summed E-state index contributed by atoms with van der Waals surface area (Å²) in [6, 6.07) is 8.01. The largest absolute Gasteiger partial charge is 0.481 e. The standard InChI is InChI=1S/C27H34N6O3/c34-26(31-16-23(27(35)36)21-14-19-9-11-29-24(19)30-15-21)20-5-2-12-33(17-20)13-3-6-22-8-7-18-4-1-10-28-25(18)32-22/h7-9,11,14-15,20,23H,1-6,10,12-13,16-17H2,(H,28,32)(H,29,30)(H,31,34)(H,35,36)/t20-,23+/m1/s1. The van der Waals surface area contributed by atoms with E-state index in [1.54, 1.807) is 12.4 Å². The Morgan fingerprint density at radius 3 is 3.06 bits per heavy atom. The van der Waals surface area contributed by atoms with Crippen LogP contribution in [0.1, 0.15) is 48.4 Å². The summed E-state index contributed by atoms with van der Waals surface area (Å²) in [5, 5.41) is 16.9. The van der Waals surface area contributed by atoms with Gasteiger partial charge in [-0.3, -0.25) is 9.59 Å². The molecule has 1 fully saturated rings. The number of carboxylic acids is 1. The van der Waals surface area contributed by atoms with Gasteiger partial charge in [0.05, 0.1) is 5.92 Å². The number of aromatic nitrogens is 3. The molecular weight excluding hydrogens is 456 g/mol. The van der Waals surface area contributed by atoms with E-state index in [1.165, 1.54) is 5.56 Å². The van der Waals surface area contributed by atoms with Gasteiger partial charge in [0.25, 0.3) is 0 Å². The lowest BCUT2D eigenvalue weighted by Crippen LogP contribution is -2.44. The molecule has 1 amide bonds. The first-order chi connectivity index (χ1) is 17.6. The van der Waals surface area contributed by atoms with E-state index in [1.807, 2.05) is 12.1 Å². The number of amides is 1. The van der Waals surface area contributed by atoms with Crippen LogP contribution < -0.4 is 10.6 Å². The van der Waals surface area contributed by atoms with Gasteiger partial charge in [-0.25, -0.2) is 9.97 Å². The van der Waals surface area contributed by atoms with Gasteiger partial charge < -0.3 is 25.6 Å². The van der Waals surface area contributed by atoms with Gasteiger partial charge in [-0.1, -0.05) is 6.07 Å². The van der Waals surface area contributed by atoms with Gasteiger partial charge in [0.15, 0.2) is 0 Å². The van der Waals surface area contributed by atoms with Gasteiger partial charge >= 0.3 is 5.97 Å². The number of aliphatic carboxylic acids is 1. The number of nitrogens with zero attached hydrogens (tertiary/aromatic N) is 3. The van der Waals surface area contributed by atoms with Crippen LogP contribution in [-0.4, -0.2) is 69.6 Å². The Bertz CT molecular complexity index is 1230. The lowest BCUT2D eigenvalue weighted by Gasteiger charge is -2.32. The molecule has 190 valence electrons. The number of carbonyl (C=O) groups is 2. The Morgan fingerprint density at radius 2 is 2.17 bits per heavy atom. The maximum absolute atomic E-state index is 12.9. The number of rotatable bonds is 9. The fourth-order valence-corrected chi connectivity index (χ4v) is 5.31. The number of anilines is 1. The van der Waals surface area contributed by atoms with E-state index < -0.39 is 11.9 Å². The van der Waals surface area contributed by atoms with Crippen LogP contribution in [0.15, 0.2) is 36.7 Å². The van der Waals surface area contributed by atoms with Crippen LogP contribution in [0.5, 0.6) is 0 Å². The second-order valence-corrected chi connectivity index (χ2v) is 9.90. The minimum absolute atomic E-state index is 0.0559. The highest BCUT2D eigenvalue weighted by molar-refractivity contribution is 5.83. The lowest BCUT2D eigenvalue weighted by molar-refractivity contribution is -0.138. The molecule has 3 aromatic heterocycles. The fourth-order valence-electron chi connectivity index (χ4n) is 5.31. The Morgan fingerprint density at radius 1 is 1.25 bits per heavy atom. The van der Waals surface area contributed by atoms with Crippen molar-refractivity contribution in [2.24, 2.45) is 5.92 Å². The average molecular weight is 491 g/mol. The first-order valence-corrected chi connectivity index (χ1v) is 13.0. The predicted molar refractivity (Wildman–Crippen MR) is 138 cm³/mol. The molecule has 5 rings (SSSR count). The van der Waals surface area contributed by atoms with Crippen LogP contribution in [0.4, 0.5) is 5.82 Å². The van der Waals surface area contributed by atoms with Gasteiger partial charge in [-0.05, 0) is 80.9 Å². The van der Waals surface area contributed by atoms with Crippen molar-refractivity contribution in [2.75, 3.05) is 38.0 Å². The number of carbonyl (C=O) groups excluding carboxylic acids is 1. The molecule has 0 bridgehead atoms. The van der Waals surface area contributed by atoms with Crippen molar-refractivity contribution in [3.8, 4) is 0 Å². The summed E-state index contributed by atoms with van der Waals surface area (Å²) in [5.41, 5.74) is 3.72.